The van der Waals surface area contributed by atoms with Gasteiger partial charge in [0.2, 0.25) is 0 Å². The van der Waals surface area contributed by atoms with Crippen LogP contribution in [-0.4, -0.2) is 5.11 Å². The molecule has 0 aliphatic heterocycles. The Bertz CT molecular complexity index is 1250. The van der Waals surface area contributed by atoms with Crippen LogP contribution in [0.4, 0.5) is 17.1 Å². The summed E-state index contributed by atoms with van der Waals surface area (Å²) in [6.45, 7) is 13.4. The number of aromatic hydroxyl groups is 1. The van der Waals surface area contributed by atoms with Gasteiger partial charge in [0.05, 0.1) is 0 Å². The SMILES string of the molecule is CC(C)(C)c1ccc(N(c2ccc(C(C)(C)C)cc2)c2cccc(Sc3cc(O)cc(Cl)c3)c2)cc1. The normalized spacial score (nSPS) is 12.0. The number of hydrogen-bond donors (Lipinski definition) is 1. The zero-order chi connectivity index (χ0) is 26.1. The van der Waals surface area contributed by atoms with Crippen molar-refractivity contribution in [3.8, 4) is 5.75 Å². The van der Waals surface area contributed by atoms with Crippen molar-refractivity contribution in [2.24, 2.45) is 0 Å². The first-order valence-electron chi connectivity index (χ1n) is 12.2. The number of phenols is 1. The molecule has 0 atom stereocenters. The minimum absolute atomic E-state index is 0.0940. The Labute approximate surface area is 225 Å². The van der Waals surface area contributed by atoms with Gasteiger partial charge < -0.3 is 10.0 Å². The molecule has 0 unspecified atom stereocenters. The van der Waals surface area contributed by atoms with E-state index in [1.54, 1.807) is 23.9 Å². The molecule has 4 rings (SSSR count). The molecule has 0 aromatic heterocycles. The zero-order valence-electron chi connectivity index (χ0n) is 21.8. The third-order valence-corrected chi connectivity index (χ3v) is 7.33. The van der Waals surface area contributed by atoms with Crippen molar-refractivity contribution in [1.29, 1.82) is 0 Å². The first-order valence-corrected chi connectivity index (χ1v) is 13.4. The molecular formula is C32H34ClNOS. The van der Waals surface area contributed by atoms with Gasteiger partial charge in [-0.05, 0) is 82.6 Å². The summed E-state index contributed by atoms with van der Waals surface area (Å²) >= 11 is 7.74. The van der Waals surface area contributed by atoms with Crippen LogP contribution in [0.5, 0.6) is 5.75 Å². The van der Waals surface area contributed by atoms with E-state index in [-0.39, 0.29) is 16.6 Å². The van der Waals surface area contributed by atoms with Gasteiger partial charge in [-0.2, -0.15) is 0 Å². The first-order chi connectivity index (χ1) is 16.9. The lowest BCUT2D eigenvalue weighted by Crippen LogP contribution is -2.14. The first kappa shape index (κ1) is 26.2. The number of anilines is 3. The molecule has 0 bridgehead atoms. The Kier molecular flexibility index (Phi) is 7.45. The van der Waals surface area contributed by atoms with E-state index in [9.17, 15) is 5.11 Å². The Hall–Kier alpha value is -2.88. The van der Waals surface area contributed by atoms with Gasteiger partial charge in [0.1, 0.15) is 5.75 Å². The average molecular weight is 516 g/mol. The number of phenolic OH excluding ortho intramolecular Hbond substituents is 1. The van der Waals surface area contributed by atoms with Crippen LogP contribution in [0, 0.1) is 0 Å². The smallest absolute Gasteiger partial charge is 0.118 e. The molecule has 0 saturated carbocycles. The summed E-state index contributed by atoms with van der Waals surface area (Å²) in [7, 11) is 0. The van der Waals surface area contributed by atoms with Crippen molar-refractivity contribution in [3.63, 3.8) is 0 Å². The van der Waals surface area contributed by atoms with Crippen LogP contribution in [0.25, 0.3) is 0 Å². The molecule has 0 aliphatic rings. The topological polar surface area (TPSA) is 23.5 Å². The van der Waals surface area contributed by atoms with E-state index in [1.807, 2.05) is 6.07 Å². The van der Waals surface area contributed by atoms with E-state index in [4.69, 9.17) is 11.6 Å². The molecule has 4 aromatic rings. The predicted octanol–water partition coefficient (Wildman–Crippen LogP) is 10.3. The minimum atomic E-state index is 0.0940. The number of benzene rings is 4. The molecule has 0 heterocycles. The zero-order valence-corrected chi connectivity index (χ0v) is 23.4. The molecular weight excluding hydrogens is 482 g/mol. The van der Waals surface area contributed by atoms with E-state index in [0.717, 1.165) is 26.9 Å². The van der Waals surface area contributed by atoms with Crippen LogP contribution >= 0.6 is 23.4 Å². The monoisotopic (exact) mass is 515 g/mol. The second-order valence-electron chi connectivity index (χ2n) is 11.2. The lowest BCUT2D eigenvalue weighted by molar-refractivity contribution is 0.474. The summed E-state index contributed by atoms with van der Waals surface area (Å²) in [5, 5.41) is 10.5. The van der Waals surface area contributed by atoms with E-state index < -0.39 is 0 Å². The van der Waals surface area contributed by atoms with Crippen LogP contribution in [0.3, 0.4) is 0 Å². The van der Waals surface area contributed by atoms with Gasteiger partial charge in [-0.1, -0.05) is 95.2 Å². The Morgan fingerprint density at radius 3 is 1.61 bits per heavy atom. The molecule has 0 fully saturated rings. The van der Waals surface area contributed by atoms with Gasteiger partial charge in [-0.15, -0.1) is 0 Å². The van der Waals surface area contributed by atoms with E-state index >= 15 is 0 Å². The third-order valence-electron chi connectivity index (χ3n) is 6.15. The Morgan fingerprint density at radius 1 is 0.611 bits per heavy atom. The molecule has 1 N–H and O–H groups in total. The van der Waals surface area contributed by atoms with Crippen molar-refractivity contribution in [2.45, 2.75) is 62.2 Å². The van der Waals surface area contributed by atoms with Crippen LogP contribution in [0.2, 0.25) is 5.02 Å². The van der Waals surface area contributed by atoms with Crippen LogP contribution < -0.4 is 4.90 Å². The van der Waals surface area contributed by atoms with Crippen LogP contribution in [-0.2, 0) is 10.8 Å². The summed E-state index contributed by atoms with van der Waals surface area (Å²) in [5.41, 5.74) is 6.08. The minimum Gasteiger partial charge on any atom is -0.508 e. The standard InChI is InChI=1S/C32H34ClNOS/c1-31(2,3)22-10-14-25(15-11-22)34(26-16-12-23(13-17-26)32(4,5)6)27-8-7-9-29(20-27)36-30-19-24(33)18-28(35)21-30/h7-21,35H,1-6H3. The summed E-state index contributed by atoms with van der Waals surface area (Å²) in [5.74, 6) is 0.167. The van der Waals surface area contributed by atoms with Crippen molar-refractivity contribution in [2.75, 3.05) is 4.90 Å². The lowest BCUT2D eigenvalue weighted by atomic mass is 9.86. The lowest BCUT2D eigenvalue weighted by Gasteiger charge is -2.28. The van der Waals surface area contributed by atoms with Crippen molar-refractivity contribution in [3.05, 3.63) is 107 Å². The van der Waals surface area contributed by atoms with E-state index in [2.05, 4.69) is 119 Å². The molecule has 2 nitrogen and oxygen atoms in total. The maximum atomic E-state index is 9.97. The summed E-state index contributed by atoms with van der Waals surface area (Å²) in [4.78, 5) is 4.25. The molecule has 0 radical (unpaired) electrons. The number of hydrogen-bond acceptors (Lipinski definition) is 3. The molecule has 0 saturated heterocycles. The highest BCUT2D eigenvalue weighted by atomic mass is 35.5. The highest BCUT2D eigenvalue weighted by Gasteiger charge is 2.18. The fraction of sp³-hybridized carbons (Fsp3) is 0.250. The highest BCUT2D eigenvalue weighted by molar-refractivity contribution is 7.99. The largest absolute Gasteiger partial charge is 0.508 e. The van der Waals surface area contributed by atoms with Crippen molar-refractivity contribution < 1.29 is 5.11 Å². The number of rotatable bonds is 5. The second-order valence-corrected chi connectivity index (χ2v) is 12.8. The van der Waals surface area contributed by atoms with Gasteiger partial charge in [0, 0.05) is 31.9 Å². The van der Waals surface area contributed by atoms with Gasteiger partial charge in [0.25, 0.3) is 0 Å². The summed E-state index contributed by atoms with van der Waals surface area (Å²) < 4.78 is 0. The van der Waals surface area contributed by atoms with Gasteiger partial charge in [-0.3, -0.25) is 0 Å². The quantitative estimate of drug-likeness (QED) is 0.286. The van der Waals surface area contributed by atoms with Crippen LogP contribution in [0.15, 0.2) is 101 Å². The molecule has 0 spiro atoms. The van der Waals surface area contributed by atoms with Gasteiger partial charge in [0.15, 0.2) is 0 Å². The summed E-state index contributed by atoms with van der Waals surface area (Å²) in [6.07, 6.45) is 0. The fourth-order valence-electron chi connectivity index (χ4n) is 4.10. The third kappa shape index (κ3) is 6.27. The molecule has 36 heavy (non-hydrogen) atoms. The predicted molar refractivity (Wildman–Crippen MR) is 156 cm³/mol. The Balaban J connectivity index is 1.76. The maximum absolute atomic E-state index is 9.97. The molecule has 186 valence electrons. The molecule has 4 heteroatoms. The summed E-state index contributed by atoms with van der Waals surface area (Å²) in [6, 6.07) is 31.3. The maximum Gasteiger partial charge on any atom is 0.118 e. The highest BCUT2D eigenvalue weighted by Crippen LogP contribution is 2.40. The second kappa shape index (κ2) is 10.2. The number of nitrogens with zero attached hydrogens (tertiary/aromatic N) is 1. The van der Waals surface area contributed by atoms with Crippen LogP contribution in [0.1, 0.15) is 52.7 Å². The average Bonchev–Trinajstić information content (AvgIpc) is 2.78. The number of halogens is 1. The van der Waals surface area contributed by atoms with E-state index in [1.165, 1.54) is 11.1 Å². The Morgan fingerprint density at radius 2 is 1.14 bits per heavy atom. The van der Waals surface area contributed by atoms with Gasteiger partial charge in [-0.25, -0.2) is 0 Å². The van der Waals surface area contributed by atoms with Crippen molar-refractivity contribution in [1.82, 2.24) is 0 Å². The fourth-order valence-corrected chi connectivity index (χ4v) is 5.36. The molecule has 4 aromatic carbocycles. The molecule has 0 amide bonds. The van der Waals surface area contributed by atoms with Gasteiger partial charge >= 0.3 is 0 Å². The van der Waals surface area contributed by atoms with E-state index in [0.29, 0.717) is 5.02 Å². The van der Waals surface area contributed by atoms with Crippen molar-refractivity contribution >= 4 is 40.4 Å². The molecule has 0 aliphatic carbocycles.